The van der Waals surface area contributed by atoms with Gasteiger partial charge in [-0.25, -0.2) is 4.21 Å². The molecule has 1 atom stereocenters. The van der Waals surface area contributed by atoms with Crippen LogP contribution >= 0.6 is 0 Å². The molecular weight excluding hydrogens is 396 g/mol. The van der Waals surface area contributed by atoms with Crippen LogP contribution in [-0.4, -0.2) is 22.1 Å². The molecule has 2 amide bonds. The lowest BCUT2D eigenvalue weighted by Crippen LogP contribution is -2.31. The summed E-state index contributed by atoms with van der Waals surface area (Å²) in [6.45, 7) is 0.325. The van der Waals surface area contributed by atoms with Crippen molar-refractivity contribution in [3.05, 3.63) is 89.5 Å². The van der Waals surface area contributed by atoms with E-state index in [-0.39, 0.29) is 17.9 Å². The van der Waals surface area contributed by atoms with E-state index in [2.05, 4.69) is 5.32 Å². The van der Waals surface area contributed by atoms with Crippen molar-refractivity contribution >= 4 is 28.3 Å². The Morgan fingerprint density at radius 3 is 2.47 bits per heavy atom. The number of carbonyl (C=O) groups is 2. The summed E-state index contributed by atoms with van der Waals surface area (Å²) in [4.78, 5) is 28.8. The largest absolute Gasteiger partial charge is 0.349 e. The molecule has 5 rings (SSSR count). The highest BCUT2D eigenvalue weighted by atomic mass is 32.2. The first-order valence-electron chi connectivity index (χ1n) is 9.93. The Kier molecular flexibility index (Phi) is 4.71. The van der Waals surface area contributed by atoms with Crippen molar-refractivity contribution in [1.82, 2.24) is 5.32 Å². The summed E-state index contributed by atoms with van der Waals surface area (Å²) in [5.74, 6) is -0.388. The second-order valence-electron chi connectivity index (χ2n) is 7.57. The third-order valence-corrected chi connectivity index (χ3v) is 6.87. The van der Waals surface area contributed by atoms with Crippen LogP contribution in [0.5, 0.6) is 0 Å². The molecule has 1 aliphatic heterocycles. The quantitative estimate of drug-likeness (QED) is 0.701. The smallest absolute Gasteiger partial charge is 0.259 e. The van der Waals surface area contributed by atoms with E-state index in [4.69, 9.17) is 0 Å². The zero-order chi connectivity index (χ0) is 20.7. The molecule has 6 heteroatoms. The summed E-state index contributed by atoms with van der Waals surface area (Å²) in [6, 6.07) is 22.0. The van der Waals surface area contributed by atoms with E-state index in [1.807, 2.05) is 30.3 Å². The minimum absolute atomic E-state index is 0.167. The Bertz CT molecular complexity index is 1170. The number of amides is 2. The van der Waals surface area contributed by atoms with Crippen molar-refractivity contribution in [3.63, 3.8) is 0 Å². The Morgan fingerprint density at radius 1 is 0.967 bits per heavy atom. The number of hydrogen-bond acceptors (Lipinski definition) is 3. The monoisotopic (exact) mass is 416 g/mol. The average molecular weight is 417 g/mol. The lowest BCUT2D eigenvalue weighted by molar-refractivity contribution is 0.0947. The highest BCUT2D eigenvalue weighted by molar-refractivity contribution is 7.85. The molecule has 0 spiro atoms. The molecule has 1 heterocycles. The van der Waals surface area contributed by atoms with Crippen LogP contribution in [-0.2, 0) is 17.3 Å². The van der Waals surface area contributed by atoms with E-state index in [1.54, 1.807) is 47.4 Å². The predicted octanol–water partition coefficient (Wildman–Crippen LogP) is 3.91. The van der Waals surface area contributed by atoms with E-state index in [1.165, 1.54) is 0 Å². The van der Waals surface area contributed by atoms with Crippen LogP contribution in [0.3, 0.4) is 0 Å². The zero-order valence-electron chi connectivity index (χ0n) is 16.2. The lowest BCUT2D eigenvalue weighted by Gasteiger charge is -2.23. The fraction of sp³-hybridized carbons (Fsp3) is 0.167. The molecule has 0 radical (unpaired) electrons. The van der Waals surface area contributed by atoms with E-state index >= 15 is 0 Å². The van der Waals surface area contributed by atoms with Gasteiger partial charge in [-0.1, -0.05) is 42.5 Å². The van der Waals surface area contributed by atoms with Crippen molar-refractivity contribution < 1.29 is 13.8 Å². The summed E-state index contributed by atoms with van der Waals surface area (Å²) >= 11 is 0. The van der Waals surface area contributed by atoms with Gasteiger partial charge in [0, 0.05) is 11.6 Å². The van der Waals surface area contributed by atoms with Gasteiger partial charge < -0.3 is 10.2 Å². The van der Waals surface area contributed by atoms with Crippen LogP contribution in [0.25, 0.3) is 0 Å². The molecule has 1 N–H and O–H groups in total. The summed E-state index contributed by atoms with van der Waals surface area (Å²) in [7, 11) is -1.52. The molecule has 3 aromatic rings. The summed E-state index contributed by atoms with van der Waals surface area (Å²) in [5.41, 5.74) is 2.36. The number of fused-ring (bicyclic) bond motifs is 2. The molecule has 1 fully saturated rings. The molecule has 0 bridgehead atoms. The lowest BCUT2D eigenvalue weighted by atomic mass is 10.1. The maximum Gasteiger partial charge on any atom is 0.259 e. The molecule has 30 heavy (non-hydrogen) atoms. The van der Waals surface area contributed by atoms with Gasteiger partial charge >= 0.3 is 0 Å². The van der Waals surface area contributed by atoms with E-state index in [0.717, 1.165) is 18.4 Å². The molecule has 1 saturated carbocycles. The van der Waals surface area contributed by atoms with Gasteiger partial charge in [0.2, 0.25) is 0 Å². The van der Waals surface area contributed by atoms with Crippen molar-refractivity contribution in [2.45, 2.75) is 35.2 Å². The number of anilines is 1. The molecule has 5 nitrogen and oxygen atoms in total. The van der Waals surface area contributed by atoms with Crippen LogP contribution in [0, 0.1) is 0 Å². The predicted molar refractivity (Wildman–Crippen MR) is 115 cm³/mol. The first-order valence-corrected chi connectivity index (χ1v) is 11.1. The third-order valence-electron chi connectivity index (χ3n) is 5.37. The van der Waals surface area contributed by atoms with Crippen LogP contribution in [0.2, 0.25) is 0 Å². The number of benzene rings is 3. The molecule has 150 valence electrons. The maximum absolute atomic E-state index is 13.5. The first-order chi connectivity index (χ1) is 14.6. The summed E-state index contributed by atoms with van der Waals surface area (Å²) < 4.78 is 13.4. The van der Waals surface area contributed by atoms with Crippen molar-refractivity contribution in [3.8, 4) is 0 Å². The summed E-state index contributed by atoms with van der Waals surface area (Å²) in [5, 5.41) is 2.98. The number of hydrogen-bond donors (Lipinski definition) is 1. The van der Waals surface area contributed by atoms with Gasteiger partial charge in [-0.2, -0.15) is 0 Å². The van der Waals surface area contributed by atoms with Crippen LogP contribution in [0.15, 0.2) is 82.6 Å². The topological polar surface area (TPSA) is 66.5 Å². The van der Waals surface area contributed by atoms with Gasteiger partial charge in [-0.15, -0.1) is 0 Å². The minimum atomic E-state index is -1.52. The molecule has 1 aliphatic carbocycles. The maximum atomic E-state index is 13.5. The third kappa shape index (κ3) is 3.44. The number of carbonyl (C=O) groups excluding carboxylic acids is 2. The fourth-order valence-corrected chi connectivity index (χ4v) is 4.97. The van der Waals surface area contributed by atoms with Gasteiger partial charge in [0.25, 0.3) is 11.8 Å². The van der Waals surface area contributed by atoms with E-state index < -0.39 is 10.8 Å². The Hall–Kier alpha value is -3.25. The average Bonchev–Trinajstić information content (AvgIpc) is 3.61. The normalized spacial score (nSPS) is 17.7. The van der Waals surface area contributed by atoms with Gasteiger partial charge in [0.1, 0.15) is 0 Å². The zero-order valence-corrected chi connectivity index (χ0v) is 17.0. The molecule has 0 unspecified atom stereocenters. The number of rotatable bonds is 4. The molecular formula is C24H20N2O3S. The number of nitrogens with one attached hydrogen (secondary N) is 1. The Labute approximate surface area is 177 Å². The van der Waals surface area contributed by atoms with Crippen molar-refractivity contribution in [2.24, 2.45) is 0 Å². The van der Waals surface area contributed by atoms with Crippen molar-refractivity contribution in [2.75, 3.05) is 4.90 Å². The summed E-state index contributed by atoms with van der Waals surface area (Å²) in [6.07, 6.45) is 1.99. The van der Waals surface area contributed by atoms with Gasteiger partial charge in [0.05, 0.1) is 38.4 Å². The molecule has 2 aliphatic rings. The highest BCUT2D eigenvalue weighted by Gasteiger charge is 2.32. The Balaban J connectivity index is 1.64. The van der Waals surface area contributed by atoms with Crippen LogP contribution in [0.4, 0.5) is 5.69 Å². The Morgan fingerprint density at radius 2 is 1.70 bits per heavy atom. The van der Waals surface area contributed by atoms with Crippen LogP contribution < -0.4 is 10.2 Å². The van der Waals surface area contributed by atoms with Crippen LogP contribution in [0.1, 0.15) is 39.1 Å². The number of nitrogens with zero attached hydrogens (tertiary/aromatic N) is 1. The molecule has 3 aromatic carbocycles. The first kappa shape index (κ1) is 18.8. The minimum Gasteiger partial charge on any atom is -0.349 e. The fourth-order valence-electron chi connectivity index (χ4n) is 3.62. The van der Waals surface area contributed by atoms with E-state index in [9.17, 15) is 13.8 Å². The molecule has 0 saturated heterocycles. The van der Waals surface area contributed by atoms with Gasteiger partial charge in [-0.3, -0.25) is 9.59 Å². The second-order valence-corrected chi connectivity index (χ2v) is 8.99. The van der Waals surface area contributed by atoms with Crippen molar-refractivity contribution in [1.29, 1.82) is 0 Å². The standard InChI is InChI=1S/C24H20N2O3S/c27-23(25-18-11-12-18)17-10-13-22-20(14-17)26(15-16-6-2-1-3-7-16)24(28)19-8-4-5-9-21(19)30(22)29/h1-10,13-14,18H,11-12,15H2,(H,25,27)/t30-/m0/s1. The van der Waals surface area contributed by atoms with Gasteiger partial charge in [0.15, 0.2) is 0 Å². The molecule has 0 aromatic heterocycles. The second kappa shape index (κ2) is 7.54. The highest BCUT2D eigenvalue weighted by Crippen LogP contribution is 2.36. The van der Waals surface area contributed by atoms with E-state index in [0.29, 0.717) is 33.2 Å². The SMILES string of the molecule is O=C(NC1CC1)c1ccc2c(c1)N(Cc1ccccc1)C(=O)c1ccccc1[S@@]2=O. The van der Waals surface area contributed by atoms with Gasteiger partial charge in [-0.05, 0) is 48.7 Å².